The summed E-state index contributed by atoms with van der Waals surface area (Å²) in [6, 6.07) is 0.647. The van der Waals surface area contributed by atoms with Gasteiger partial charge in [0.1, 0.15) is 0 Å². The van der Waals surface area contributed by atoms with Crippen molar-refractivity contribution in [3.8, 4) is 0 Å². The van der Waals surface area contributed by atoms with E-state index >= 15 is 0 Å². The lowest BCUT2D eigenvalue weighted by molar-refractivity contribution is -0.155. The van der Waals surface area contributed by atoms with Crippen molar-refractivity contribution in [1.82, 2.24) is 5.32 Å². The van der Waals surface area contributed by atoms with Gasteiger partial charge in [-0.1, -0.05) is 34.6 Å². The van der Waals surface area contributed by atoms with Gasteiger partial charge in [-0.2, -0.15) is 0 Å². The SMILES string of the molecule is CCNC1CC(OC(C)CC(C)C)C1(C)CC. The van der Waals surface area contributed by atoms with Crippen molar-refractivity contribution in [1.29, 1.82) is 0 Å². The minimum absolute atomic E-state index is 0.335. The molecule has 0 saturated heterocycles. The molecule has 0 aromatic heterocycles. The zero-order valence-corrected chi connectivity index (χ0v) is 12.5. The molecule has 1 aliphatic rings. The van der Waals surface area contributed by atoms with Crippen molar-refractivity contribution in [2.24, 2.45) is 11.3 Å². The molecule has 0 aromatic rings. The van der Waals surface area contributed by atoms with Crippen molar-refractivity contribution >= 4 is 0 Å². The summed E-state index contributed by atoms with van der Waals surface area (Å²) in [6.45, 7) is 14.7. The summed E-state index contributed by atoms with van der Waals surface area (Å²) in [5.74, 6) is 0.725. The average molecular weight is 241 g/mol. The summed E-state index contributed by atoms with van der Waals surface area (Å²) in [5, 5.41) is 3.59. The van der Waals surface area contributed by atoms with Gasteiger partial charge in [0, 0.05) is 11.5 Å². The lowest BCUT2D eigenvalue weighted by Gasteiger charge is -2.54. The molecule has 0 spiro atoms. The molecular weight excluding hydrogens is 210 g/mol. The monoisotopic (exact) mass is 241 g/mol. The van der Waals surface area contributed by atoms with Crippen LogP contribution in [-0.4, -0.2) is 24.8 Å². The van der Waals surface area contributed by atoms with Crippen LogP contribution < -0.4 is 5.32 Å². The molecule has 2 heteroatoms. The molecule has 102 valence electrons. The Balaban J connectivity index is 2.45. The third kappa shape index (κ3) is 3.45. The van der Waals surface area contributed by atoms with E-state index in [0.29, 0.717) is 23.7 Å². The van der Waals surface area contributed by atoms with Crippen LogP contribution in [0.25, 0.3) is 0 Å². The van der Waals surface area contributed by atoms with Crippen molar-refractivity contribution < 1.29 is 4.74 Å². The summed E-state index contributed by atoms with van der Waals surface area (Å²) in [6.07, 6.45) is 4.39. The molecule has 17 heavy (non-hydrogen) atoms. The normalized spacial score (nSPS) is 34.8. The molecule has 0 aliphatic heterocycles. The van der Waals surface area contributed by atoms with Gasteiger partial charge < -0.3 is 10.1 Å². The Labute approximate surface area is 108 Å². The van der Waals surface area contributed by atoms with Crippen LogP contribution in [0.2, 0.25) is 0 Å². The van der Waals surface area contributed by atoms with E-state index in [9.17, 15) is 0 Å². The van der Waals surface area contributed by atoms with Gasteiger partial charge in [-0.05, 0) is 38.6 Å². The fraction of sp³-hybridized carbons (Fsp3) is 1.00. The Kier molecular flexibility index (Phi) is 5.46. The van der Waals surface area contributed by atoms with Crippen molar-refractivity contribution in [2.45, 2.75) is 79.1 Å². The van der Waals surface area contributed by atoms with E-state index in [1.165, 1.54) is 19.3 Å². The van der Waals surface area contributed by atoms with Gasteiger partial charge >= 0.3 is 0 Å². The predicted octanol–water partition coefficient (Wildman–Crippen LogP) is 3.60. The minimum Gasteiger partial charge on any atom is -0.375 e. The van der Waals surface area contributed by atoms with Crippen LogP contribution in [0.1, 0.15) is 60.8 Å². The van der Waals surface area contributed by atoms with Gasteiger partial charge in [-0.25, -0.2) is 0 Å². The Bertz CT molecular complexity index is 229. The van der Waals surface area contributed by atoms with Crippen molar-refractivity contribution in [2.75, 3.05) is 6.54 Å². The van der Waals surface area contributed by atoms with Crippen LogP contribution in [0.3, 0.4) is 0 Å². The quantitative estimate of drug-likeness (QED) is 0.735. The molecule has 1 N–H and O–H groups in total. The number of hydrogen-bond acceptors (Lipinski definition) is 2. The van der Waals surface area contributed by atoms with Gasteiger partial charge in [-0.3, -0.25) is 0 Å². The smallest absolute Gasteiger partial charge is 0.0662 e. The maximum atomic E-state index is 6.24. The lowest BCUT2D eigenvalue weighted by Crippen LogP contribution is -2.62. The maximum absolute atomic E-state index is 6.24. The minimum atomic E-state index is 0.335. The number of ether oxygens (including phenoxy) is 1. The zero-order chi connectivity index (χ0) is 13.1. The molecule has 4 unspecified atom stereocenters. The molecule has 1 rings (SSSR count). The Morgan fingerprint density at radius 1 is 1.29 bits per heavy atom. The molecule has 0 amide bonds. The standard InChI is InChI=1S/C15H31NO/c1-7-15(6)13(16-8-2)10-14(15)17-12(5)9-11(3)4/h11-14,16H,7-10H2,1-6H3. The van der Waals surface area contributed by atoms with Crippen LogP contribution >= 0.6 is 0 Å². The highest BCUT2D eigenvalue weighted by Crippen LogP contribution is 2.46. The van der Waals surface area contributed by atoms with E-state index in [2.05, 4.69) is 46.9 Å². The maximum Gasteiger partial charge on any atom is 0.0662 e. The summed E-state index contributed by atoms with van der Waals surface area (Å²) >= 11 is 0. The first kappa shape index (κ1) is 15.0. The molecule has 0 bridgehead atoms. The molecule has 1 saturated carbocycles. The highest BCUT2D eigenvalue weighted by Gasteiger charge is 2.51. The largest absolute Gasteiger partial charge is 0.375 e. The van der Waals surface area contributed by atoms with E-state index in [0.717, 1.165) is 12.5 Å². The first-order valence-electron chi connectivity index (χ1n) is 7.32. The van der Waals surface area contributed by atoms with Crippen LogP contribution in [0.4, 0.5) is 0 Å². The van der Waals surface area contributed by atoms with Gasteiger partial charge in [0.25, 0.3) is 0 Å². The Morgan fingerprint density at radius 2 is 1.94 bits per heavy atom. The van der Waals surface area contributed by atoms with Gasteiger partial charge in [0.05, 0.1) is 12.2 Å². The van der Waals surface area contributed by atoms with E-state index in [1.54, 1.807) is 0 Å². The van der Waals surface area contributed by atoms with Crippen LogP contribution in [0.15, 0.2) is 0 Å². The molecular formula is C15H31NO. The summed E-state index contributed by atoms with van der Waals surface area (Å²) in [5.41, 5.74) is 0.335. The molecule has 0 aromatic carbocycles. The second-order valence-corrected chi connectivity index (χ2v) is 6.27. The van der Waals surface area contributed by atoms with E-state index in [1.807, 2.05) is 0 Å². The second-order valence-electron chi connectivity index (χ2n) is 6.27. The van der Waals surface area contributed by atoms with Gasteiger partial charge in [-0.15, -0.1) is 0 Å². The van der Waals surface area contributed by atoms with Gasteiger partial charge in [0.2, 0.25) is 0 Å². The average Bonchev–Trinajstić information content (AvgIpc) is 2.25. The first-order chi connectivity index (χ1) is 7.93. The Hall–Kier alpha value is -0.0800. The lowest BCUT2D eigenvalue weighted by atomic mass is 9.61. The highest BCUT2D eigenvalue weighted by atomic mass is 16.5. The third-order valence-electron chi connectivity index (χ3n) is 4.39. The van der Waals surface area contributed by atoms with E-state index in [-0.39, 0.29) is 0 Å². The van der Waals surface area contributed by atoms with Crippen LogP contribution in [0.5, 0.6) is 0 Å². The number of nitrogens with one attached hydrogen (secondary N) is 1. The van der Waals surface area contributed by atoms with Crippen LogP contribution in [-0.2, 0) is 4.74 Å². The second kappa shape index (κ2) is 6.19. The molecule has 0 radical (unpaired) electrons. The third-order valence-corrected chi connectivity index (χ3v) is 4.39. The fourth-order valence-corrected chi connectivity index (χ4v) is 3.06. The predicted molar refractivity (Wildman–Crippen MR) is 74.3 cm³/mol. The van der Waals surface area contributed by atoms with Crippen molar-refractivity contribution in [3.63, 3.8) is 0 Å². The summed E-state index contributed by atoms with van der Waals surface area (Å²) < 4.78 is 6.24. The van der Waals surface area contributed by atoms with Gasteiger partial charge in [0.15, 0.2) is 0 Å². The first-order valence-corrected chi connectivity index (χ1v) is 7.32. The summed E-state index contributed by atoms with van der Waals surface area (Å²) in [4.78, 5) is 0. The molecule has 2 nitrogen and oxygen atoms in total. The number of rotatable bonds is 7. The number of hydrogen-bond donors (Lipinski definition) is 1. The fourth-order valence-electron chi connectivity index (χ4n) is 3.06. The summed E-state index contributed by atoms with van der Waals surface area (Å²) in [7, 11) is 0. The van der Waals surface area contributed by atoms with Crippen molar-refractivity contribution in [3.05, 3.63) is 0 Å². The van der Waals surface area contributed by atoms with E-state index in [4.69, 9.17) is 4.74 Å². The highest BCUT2D eigenvalue weighted by molar-refractivity contribution is 5.04. The zero-order valence-electron chi connectivity index (χ0n) is 12.5. The molecule has 1 fully saturated rings. The molecule has 0 heterocycles. The molecule has 1 aliphatic carbocycles. The van der Waals surface area contributed by atoms with E-state index < -0.39 is 0 Å². The van der Waals surface area contributed by atoms with Crippen LogP contribution in [0, 0.1) is 11.3 Å². The Morgan fingerprint density at radius 3 is 2.41 bits per heavy atom. The topological polar surface area (TPSA) is 21.3 Å². The molecule has 4 atom stereocenters.